The molecule has 2 fully saturated rings. The van der Waals surface area contributed by atoms with E-state index in [4.69, 9.17) is 0 Å². The Morgan fingerprint density at radius 2 is 2.00 bits per heavy atom. The molecule has 1 unspecified atom stereocenters. The minimum Gasteiger partial charge on any atom is -0.508 e. The molecule has 5 atom stereocenters. The fourth-order valence-electron chi connectivity index (χ4n) is 5.54. The van der Waals surface area contributed by atoms with Gasteiger partial charge in [-0.05, 0) is 85.0 Å². The number of benzene rings is 1. The highest BCUT2D eigenvalue weighted by molar-refractivity contribution is 5.40. The largest absolute Gasteiger partial charge is 0.508 e. The van der Waals surface area contributed by atoms with Gasteiger partial charge in [-0.15, -0.1) is 0 Å². The molecule has 20 heavy (non-hydrogen) atoms. The fraction of sp³-hybridized carbons (Fsp3) is 0.667. The number of phenolic OH excluding ortho intramolecular Hbond substituents is 1. The van der Waals surface area contributed by atoms with Crippen LogP contribution in [0.1, 0.15) is 56.1 Å². The zero-order chi connectivity index (χ0) is 13.9. The van der Waals surface area contributed by atoms with Crippen LogP contribution in [0.3, 0.4) is 0 Å². The summed E-state index contributed by atoms with van der Waals surface area (Å²) in [5.41, 5.74) is 2.99. The van der Waals surface area contributed by atoms with Gasteiger partial charge < -0.3 is 10.2 Å². The van der Waals surface area contributed by atoms with Crippen molar-refractivity contribution < 1.29 is 10.2 Å². The quantitative estimate of drug-likeness (QED) is 0.711. The van der Waals surface area contributed by atoms with E-state index >= 15 is 0 Å². The monoisotopic (exact) mass is 277 g/mol. The second-order valence-electron chi connectivity index (χ2n) is 7.44. The Kier molecular flexibility index (Phi) is 2.69. The maximum atomic E-state index is 10.4. The first kappa shape index (κ1) is 12.7. The minimum atomic E-state index is -0.0883. The van der Waals surface area contributed by atoms with Gasteiger partial charge in [0.2, 0.25) is 0 Å². The van der Waals surface area contributed by atoms with E-state index in [0.717, 1.165) is 25.2 Å². The lowest BCUT2D eigenvalue weighted by atomic mass is 9.67. The summed E-state index contributed by atoms with van der Waals surface area (Å²) in [4.78, 5) is 0. The minimum absolute atomic E-state index is 0.0883. The average Bonchev–Trinajstić information content (AvgIpc) is 2.74. The molecule has 0 saturated heterocycles. The maximum Gasteiger partial charge on any atom is 0.115 e. The molecule has 1 aromatic carbocycles. The summed E-state index contributed by atoms with van der Waals surface area (Å²) in [5.74, 6) is 2.49. The van der Waals surface area contributed by atoms with Gasteiger partial charge >= 0.3 is 0 Å². The van der Waals surface area contributed by atoms with Crippen LogP contribution in [0.5, 0.6) is 5.75 Å². The number of hydrogen-bond acceptors (Lipinski definition) is 2. The van der Waals surface area contributed by atoms with Crippen LogP contribution in [0, 0.1) is 17.3 Å². The predicted molar refractivity (Wildman–Crippen MR) is 78.7 cm³/mol. The molecule has 2 N–H and O–H groups in total. The van der Waals surface area contributed by atoms with Crippen molar-refractivity contribution in [2.45, 2.75) is 57.5 Å². The molecule has 0 aliphatic heterocycles. The summed E-state index contributed by atoms with van der Waals surface area (Å²) < 4.78 is 0. The number of rotatable bonds is 0. The first-order chi connectivity index (χ1) is 9.59. The van der Waals surface area contributed by atoms with Gasteiger partial charge in [0.05, 0.1) is 6.10 Å². The lowest BCUT2D eigenvalue weighted by Gasteiger charge is -2.50. The summed E-state index contributed by atoms with van der Waals surface area (Å²) in [6, 6.07) is 5.96. The third-order valence-electron chi connectivity index (χ3n) is 6.66. The maximum absolute atomic E-state index is 10.4. The number of aromatic hydroxyl groups is 1. The number of phenols is 1. The van der Waals surface area contributed by atoms with Crippen molar-refractivity contribution in [1.29, 1.82) is 0 Å². The predicted octanol–water partition coefficient (Wildman–Crippen LogP) is 3.61. The molecule has 0 amide bonds. The van der Waals surface area contributed by atoms with Crippen LogP contribution in [0.15, 0.2) is 18.2 Å². The number of hydrogen-bond donors (Lipinski definition) is 2. The summed E-state index contributed by atoms with van der Waals surface area (Å²) in [6.07, 6.45) is 6.78. The Bertz CT molecular complexity index is 538. The van der Waals surface area contributed by atoms with Crippen molar-refractivity contribution in [3.8, 4) is 5.75 Å². The van der Waals surface area contributed by atoms with E-state index in [9.17, 15) is 10.2 Å². The van der Waals surface area contributed by atoms with Crippen LogP contribution >= 0.6 is 0 Å². The molecule has 0 heterocycles. The molecule has 0 aromatic heterocycles. The highest BCUT2D eigenvalue weighted by Gasteiger charge is 2.54. The van der Waals surface area contributed by atoms with Crippen LogP contribution in [0.2, 0.25) is 0 Å². The van der Waals surface area contributed by atoms with Gasteiger partial charge in [0, 0.05) is 0 Å². The van der Waals surface area contributed by atoms with E-state index in [0.29, 0.717) is 17.6 Å². The van der Waals surface area contributed by atoms with Crippen LogP contribution in [-0.4, -0.2) is 16.3 Å². The second-order valence-corrected chi connectivity index (χ2v) is 7.44. The Morgan fingerprint density at radius 3 is 2.85 bits per heavy atom. The molecule has 0 spiro atoms. The van der Waals surface area contributed by atoms with Gasteiger partial charge in [-0.2, -0.15) is 0 Å². The number of aliphatic hydroxyl groups is 1. The van der Waals surface area contributed by atoms with Gasteiger partial charge in [-0.1, -0.05) is 13.0 Å². The van der Waals surface area contributed by atoms with Crippen molar-refractivity contribution in [2.75, 3.05) is 0 Å². The van der Waals surface area contributed by atoms with Gasteiger partial charge in [0.25, 0.3) is 0 Å². The molecular formula is C18H24O2. The topological polar surface area (TPSA) is 40.5 Å². The first-order valence-corrected chi connectivity index (χ1v) is 8.09. The Balaban J connectivity index is 1.71. The van der Waals surface area contributed by atoms with E-state index < -0.39 is 0 Å². The van der Waals surface area contributed by atoms with E-state index in [1.807, 2.05) is 12.1 Å². The molecule has 0 bridgehead atoms. The van der Waals surface area contributed by atoms with Gasteiger partial charge in [0.1, 0.15) is 5.75 Å². The third-order valence-corrected chi connectivity index (χ3v) is 6.66. The SMILES string of the molecule is [13CH3][13C@]12CC[C@@H]3c4ccc(O)cc4CC[C@H]3[C@@H]1[13CH2][13CH2][13CH]2O. The lowest BCUT2D eigenvalue weighted by molar-refractivity contribution is -0.0226. The molecule has 2 nitrogen and oxygen atoms in total. The number of aryl methyl sites for hydroxylation is 1. The van der Waals surface area contributed by atoms with E-state index in [1.165, 1.54) is 30.4 Å². The zero-order valence-electron chi connectivity index (χ0n) is 12.2. The van der Waals surface area contributed by atoms with Crippen molar-refractivity contribution >= 4 is 0 Å². The Labute approximate surface area is 120 Å². The van der Waals surface area contributed by atoms with Crippen molar-refractivity contribution in [3.63, 3.8) is 0 Å². The molecule has 3 aliphatic carbocycles. The number of aliphatic hydroxyl groups excluding tert-OH is 1. The normalized spacial score (nSPS) is 42.7. The van der Waals surface area contributed by atoms with Crippen molar-refractivity contribution in [1.82, 2.24) is 0 Å². The van der Waals surface area contributed by atoms with E-state index in [2.05, 4.69) is 13.0 Å². The standard InChI is InChI=1S/C18H24O2/c1-18-9-8-14-13-5-3-12(19)10-11(13)2-4-15(14)16(18)6-7-17(18)20/h3,5,10,14-17,19-20H,2,4,6-9H2,1H3/t14-,15-,16+,17?,18+/m1/s1/i1+1,6+1,7+1,17+1,18+1. The van der Waals surface area contributed by atoms with Crippen LogP contribution < -0.4 is 0 Å². The molecule has 0 radical (unpaired) electrons. The van der Waals surface area contributed by atoms with E-state index in [1.54, 1.807) is 0 Å². The highest BCUT2D eigenvalue weighted by atomic mass is 16.4. The smallest absolute Gasteiger partial charge is 0.115 e. The summed E-state index contributed by atoms with van der Waals surface area (Å²) in [6.45, 7) is 2.32. The summed E-state index contributed by atoms with van der Waals surface area (Å²) in [7, 11) is 0. The van der Waals surface area contributed by atoms with Crippen molar-refractivity contribution in [2.24, 2.45) is 17.3 Å². The van der Waals surface area contributed by atoms with Gasteiger partial charge in [0.15, 0.2) is 0 Å². The molecule has 4 rings (SSSR count). The van der Waals surface area contributed by atoms with Crippen LogP contribution in [0.25, 0.3) is 0 Å². The molecule has 3 aliphatic rings. The summed E-state index contributed by atoms with van der Waals surface area (Å²) >= 11 is 0. The van der Waals surface area contributed by atoms with E-state index in [-0.39, 0.29) is 11.5 Å². The molecule has 108 valence electrons. The molecular weight excluding hydrogens is 253 g/mol. The third kappa shape index (κ3) is 1.60. The van der Waals surface area contributed by atoms with Gasteiger partial charge in [-0.25, -0.2) is 0 Å². The molecule has 2 saturated carbocycles. The summed E-state index contributed by atoms with van der Waals surface area (Å²) in [5, 5.41) is 20.0. The Hall–Kier alpha value is -1.02. The fourth-order valence-corrected chi connectivity index (χ4v) is 5.54. The van der Waals surface area contributed by atoms with Crippen LogP contribution in [0.4, 0.5) is 0 Å². The zero-order valence-corrected chi connectivity index (χ0v) is 12.2. The average molecular weight is 277 g/mol. The lowest BCUT2D eigenvalue weighted by Crippen LogP contribution is -2.43. The van der Waals surface area contributed by atoms with Crippen molar-refractivity contribution in [3.05, 3.63) is 29.3 Å². The molecule has 1 aromatic rings. The molecule has 2 heteroatoms. The van der Waals surface area contributed by atoms with Crippen LogP contribution in [-0.2, 0) is 6.42 Å². The highest BCUT2D eigenvalue weighted by Crippen LogP contribution is 2.60. The first-order valence-electron chi connectivity index (χ1n) is 8.09. The second kappa shape index (κ2) is 4.24. The number of fused-ring (bicyclic) bond motifs is 5. The Morgan fingerprint density at radius 1 is 1.15 bits per heavy atom. The van der Waals surface area contributed by atoms with Gasteiger partial charge in [-0.3, -0.25) is 0 Å².